The van der Waals surface area contributed by atoms with Crippen molar-refractivity contribution >= 4 is 5.97 Å². The minimum absolute atomic E-state index is 0.426. The second-order valence-electron chi connectivity index (χ2n) is 4.83. The third kappa shape index (κ3) is 4.33. The van der Waals surface area contributed by atoms with Gasteiger partial charge in [0.1, 0.15) is 0 Å². The Balaban J connectivity index is 2.28. The maximum Gasteiger partial charge on any atom is 0.330 e. The normalized spacial score (nSPS) is 23.0. The fourth-order valence-corrected chi connectivity index (χ4v) is 2.07. The van der Waals surface area contributed by atoms with Crippen LogP contribution in [0.15, 0.2) is 11.6 Å². The molecule has 1 rings (SSSR count). The lowest BCUT2D eigenvalue weighted by molar-refractivity contribution is -0.132. The summed E-state index contributed by atoms with van der Waals surface area (Å²) >= 11 is 0. The van der Waals surface area contributed by atoms with Gasteiger partial charge in [-0.1, -0.05) is 6.08 Å². The molecule has 0 spiro atoms. The minimum atomic E-state index is -0.825. The van der Waals surface area contributed by atoms with E-state index >= 15 is 0 Å². The van der Waals surface area contributed by atoms with E-state index in [4.69, 9.17) is 5.11 Å². The molecular weight excluding hydrogens is 204 g/mol. The lowest BCUT2D eigenvalue weighted by Crippen LogP contribution is -2.27. The molecular formula is C12H22N2O2. The molecule has 0 bridgehead atoms. The molecule has 1 aliphatic heterocycles. The summed E-state index contributed by atoms with van der Waals surface area (Å²) in [6, 6.07) is 0. The zero-order valence-corrected chi connectivity index (χ0v) is 10.4. The van der Waals surface area contributed by atoms with E-state index < -0.39 is 5.97 Å². The summed E-state index contributed by atoms with van der Waals surface area (Å²) in [4.78, 5) is 15.1. The van der Waals surface area contributed by atoms with E-state index in [9.17, 15) is 4.79 Å². The van der Waals surface area contributed by atoms with E-state index in [1.165, 1.54) is 13.0 Å². The Morgan fingerprint density at radius 2 is 2.31 bits per heavy atom. The van der Waals surface area contributed by atoms with Crippen molar-refractivity contribution in [2.24, 2.45) is 5.92 Å². The molecule has 1 unspecified atom stereocenters. The number of carboxylic acids is 1. The molecule has 0 aromatic carbocycles. The van der Waals surface area contributed by atoms with Crippen molar-refractivity contribution in [2.45, 2.75) is 13.3 Å². The van der Waals surface area contributed by atoms with Gasteiger partial charge in [-0.05, 0) is 39.9 Å². The molecule has 0 radical (unpaired) electrons. The average molecular weight is 226 g/mol. The van der Waals surface area contributed by atoms with Crippen LogP contribution in [0.3, 0.4) is 0 Å². The summed E-state index contributed by atoms with van der Waals surface area (Å²) in [5, 5.41) is 8.72. The van der Waals surface area contributed by atoms with Crippen LogP contribution in [-0.4, -0.2) is 61.2 Å². The number of rotatable bonds is 5. The van der Waals surface area contributed by atoms with Crippen molar-refractivity contribution < 1.29 is 9.90 Å². The molecule has 4 nitrogen and oxygen atoms in total. The molecule has 0 aliphatic carbocycles. The molecule has 0 amide bonds. The SMILES string of the molecule is CC(=CCN(C)CC1CCN(C)C1)C(=O)O. The van der Waals surface area contributed by atoms with E-state index in [0.29, 0.717) is 5.57 Å². The molecule has 0 aromatic rings. The highest BCUT2D eigenvalue weighted by Gasteiger charge is 2.20. The monoisotopic (exact) mass is 226 g/mol. The van der Waals surface area contributed by atoms with Crippen LogP contribution in [0.5, 0.6) is 0 Å². The lowest BCUT2D eigenvalue weighted by atomic mass is 10.1. The van der Waals surface area contributed by atoms with Crippen molar-refractivity contribution in [3.8, 4) is 0 Å². The fraction of sp³-hybridized carbons (Fsp3) is 0.750. The van der Waals surface area contributed by atoms with E-state index in [1.807, 2.05) is 7.05 Å². The highest BCUT2D eigenvalue weighted by atomic mass is 16.4. The van der Waals surface area contributed by atoms with Crippen LogP contribution in [0.1, 0.15) is 13.3 Å². The largest absolute Gasteiger partial charge is 0.478 e. The van der Waals surface area contributed by atoms with Crippen molar-refractivity contribution in [2.75, 3.05) is 40.3 Å². The lowest BCUT2D eigenvalue weighted by Gasteiger charge is -2.19. The number of likely N-dealkylation sites (tertiary alicyclic amines) is 1. The van der Waals surface area contributed by atoms with E-state index in [-0.39, 0.29) is 0 Å². The van der Waals surface area contributed by atoms with Crippen LogP contribution in [-0.2, 0) is 4.79 Å². The predicted octanol–water partition coefficient (Wildman–Crippen LogP) is 0.901. The molecule has 16 heavy (non-hydrogen) atoms. The topological polar surface area (TPSA) is 43.8 Å². The molecule has 1 fully saturated rings. The van der Waals surface area contributed by atoms with Crippen LogP contribution >= 0.6 is 0 Å². The minimum Gasteiger partial charge on any atom is -0.478 e. The first kappa shape index (κ1) is 13.2. The highest BCUT2D eigenvalue weighted by Crippen LogP contribution is 2.14. The summed E-state index contributed by atoms with van der Waals surface area (Å²) in [7, 11) is 4.19. The summed E-state index contributed by atoms with van der Waals surface area (Å²) in [5.41, 5.74) is 0.426. The Bertz CT molecular complexity index is 276. The maximum absolute atomic E-state index is 10.6. The molecule has 1 atom stereocenters. The first-order valence-electron chi connectivity index (χ1n) is 5.76. The Kier molecular flexibility index (Phi) is 4.96. The predicted molar refractivity (Wildman–Crippen MR) is 64.5 cm³/mol. The van der Waals surface area contributed by atoms with Gasteiger partial charge in [-0.3, -0.25) is 0 Å². The Labute approximate surface area is 97.5 Å². The van der Waals surface area contributed by atoms with E-state index in [2.05, 4.69) is 16.8 Å². The van der Waals surface area contributed by atoms with Gasteiger partial charge < -0.3 is 14.9 Å². The number of hydrogen-bond donors (Lipinski definition) is 1. The van der Waals surface area contributed by atoms with Crippen molar-refractivity contribution in [1.29, 1.82) is 0 Å². The second-order valence-corrected chi connectivity index (χ2v) is 4.83. The molecule has 1 N–H and O–H groups in total. The van der Waals surface area contributed by atoms with Gasteiger partial charge >= 0.3 is 5.97 Å². The van der Waals surface area contributed by atoms with Crippen molar-refractivity contribution in [1.82, 2.24) is 9.80 Å². The number of aliphatic carboxylic acids is 1. The zero-order valence-electron chi connectivity index (χ0n) is 10.4. The Hall–Kier alpha value is -0.870. The smallest absolute Gasteiger partial charge is 0.330 e. The molecule has 0 saturated carbocycles. The van der Waals surface area contributed by atoms with Crippen LogP contribution in [0, 0.1) is 5.92 Å². The van der Waals surface area contributed by atoms with Gasteiger partial charge in [0.05, 0.1) is 0 Å². The third-order valence-corrected chi connectivity index (χ3v) is 3.11. The van der Waals surface area contributed by atoms with Gasteiger partial charge in [0.2, 0.25) is 0 Å². The number of carboxylic acid groups (broad SMARTS) is 1. The van der Waals surface area contributed by atoms with Crippen LogP contribution in [0.4, 0.5) is 0 Å². The van der Waals surface area contributed by atoms with Crippen LogP contribution in [0.25, 0.3) is 0 Å². The summed E-state index contributed by atoms with van der Waals surface area (Å²) in [6.45, 7) is 5.75. The van der Waals surface area contributed by atoms with Gasteiger partial charge in [-0.15, -0.1) is 0 Å². The molecule has 1 heterocycles. The highest BCUT2D eigenvalue weighted by molar-refractivity contribution is 5.85. The standard InChI is InChI=1S/C12H22N2O2/c1-10(12(15)16)4-6-13(2)8-11-5-7-14(3)9-11/h4,11H,5-9H2,1-3H3,(H,15,16). The number of hydrogen-bond acceptors (Lipinski definition) is 3. The third-order valence-electron chi connectivity index (χ3n) is 3.11. The van der Waals surface area contributed by atoms with Gasteiger partial charge in [0.15, 0.2) is 0 Å². The first-order chi connectivity index (χ1) is 7.49. The first-order valence-corrected chi connectivity index (χ1v) is 5.76. The van der Waals surface area contributed by atoms with E-state index in [1.54, 1.807) is 13.0 Å². The van der Waals surface area contributed by atoms with Crippen molar-refractivity contribution in [3.05, 3.63) is 11.6 Å². The number of nitrogens with zero attached hydrogens (tertiary/aromatic N) is 2. The van der Waals surface area contributed by atoms with Crippen LogP contribution in [0.2, 0.25) is 0 Å². The summed E-state index contributed by atoms with van der Waals surface area (Å²) in [5.74, 6) is -0.0949. The molecule has 0 aromatic heterocycles. The van der Waals surface area contributed by atoms with Crippen LogP contribution < -0.4 is 0 Å². The molecule has 1 aliphatic rings. The van der Waals surface area contributed by atoms with Gasteiger partial charge in [0.25, 0.3) is 0 Å². The quantitative estimate of drug-likeness (QED) is 0.707. The second kappa shape index (κ2) is 6.01. The van der Waals surface area contributed by atoms with Crippen molar-refractivity contribution in [3.63, 3.8) is 0 Å². The van der Waals surface area contributed by atoms with E-state index in [0.717, 1.165) is 25.6 Å². The average Bonchev–Trinajstić information content (AvgIpc) is 2.60. The Morgan fingerprint density at radius 3 is 2.81 bits per heavy atom. The number of carbonyl (C=O) groups is 1. The summed E-state index contributed by atoms with van der Waals surface area (Å²) in [6.07, 6.45) is 3.03. The van der Waals surface area contributed by atoms with Gasteiger partial charge in [-0.2, -0.15) is 0 Å². The maximum atomic E-state index is 10.6. The molecule has 1 saturated heterocycles. The Morgan fingerprint density at radius 1 is 1.62 bits per heavy atom. The summed E-state index contributed by atoms with van der Waals surface area (Å²) < 4.78 is 0. The molecule has 4 heteroatoms. The zero-order chi connectivity index (χ0) is 12.1. The fourth-order valence-electron chi connectivity index (χ4n) is 2.07. The number of likely N-dealkylation sites (N-methyl/N-ethyl adjacent to an activating group) is 1. The van der Waals surface area contributed by atoms with Gasteiger partial charge in [-0.25, -0.2) is 4.79 Å². The molecule has 92 valence electrons. The van der Waals surface area contributed by atoms with Gasteiger partial charge in [0, 0.05) is 25.2 Å².